The summed E-state index contributed by atoms with van der Waals surface area (Å²) >= 11 is 1.61. The lowest BCUT2D eigenvalue weighted by Crippen LogP contribution is -2.52. The zero-order chi connectivity index (χ0) is 14.1. The predicted octanol–water partition coefficient (Wildman–Crippen LogP) is 1.29. The van der Waals surface area contributed by atoms with E-state index in [1.54, 1.807) is 24.6 Å². The first-order chi connectivity index (χ1) is 9.66. The highest BCUT2D eigenvalue weighted by Crippen LogP contribution is 2.27. The number of nitrogens with zero attached hydrogens (tertiary/aromatic N) is 4. The molecule has 0 aliphatic carbocycles. The summed E-state index contributed by atoms with van der Waals surface area (Å²) < 4.78 is 0. The fourth-order valence-electron chi connectivity index (χ4n) is 2.51. The van der Waals surface area contributed by atoms with Crippen molar-refractivity contribution < 1.29 is 9.90 Å². The van der Waals surface area contributed by atoms with Gasteiger partial charge in [-0.1, -0.05) is 0 Å². The summed E-state index contributed by atoms with van der Waals surface area (Å²) in [6, 6.07) is 1.62. The number of rotatable bonds is 3. The minimum atomic E-state index is -0.763. The van der Waals surface area contributed by atoms with Crippen molar-refractivity contribution in [1.29, 1.82) is 0 Å². The monoisotopic (exact) mass is 292 g/mol. The fourth-order valence-corrected chi connectivity index (χ4v) is 3.23. The quantitative estimate of drug-likeness (QED) is 0.919. The highest BCUT2D eigenvalue weighted by Gasteiger charge is 2.26. The van der Waals surface area contributed by atoms with Crippen LogP contribution in [0.4, 0.5) is 5.82 Å². The van der Waals surface area contributed by atoms with Gasteiger partial charge in [-0.15, -0.1) is 11.3 Å². The zero-order valence-corrected chi connectivity index (χ0v) is 12.0. The average Bonchev–Trinajstić information content (AvgIpc) is 2.95. The van der Waals surface area contributed by atoms with Crippen molar-refractivity contribution in [2.75, 3.05) is 31.1 Å². The van der Waals surface area contributed by atoms with Crippen LogP contribution in [0.2, 0.25) is 0 Å². The predicted molar refractivity (Wildman–Crippen MR) is 78.3 cm³/mol. The molecule has 0 radical (unpaired) electrons. The van der Waals surface area contributed by atoms with Crippen molar-refractivity contribution >= 4 is 33.3 Å². The molecule has 3 heterocycles. The lowest BCUT2D eigenvalue weighted by Gasteiger charge is -2.37. The van der Waals surface area contributed by atoms with Crippen molar-refractivity contribution in [3.05, 3.63) is 17.8 Å². The summed E-state index contributed by atoms with van der Waals surface area (Å²) in [6.07, 6.45) is 1.60. The third-order valence-electron chi connectivity index (χ3n) is 3.76. The van der Waals surface area contributed by atoms with Crippen LogP contribution in [0.25, 0.3) is 10.2 Å². The largest absolute Gasteiger partial charge is 0.480 e. The molecule has 0 bridgehead atoms. The lowest BCUT2D eigenvalue weighted by molar-refractivity contribution is -0.142. The second-order valence-electron chi connectivity index (χ2n) is 4.87. The summed E-state index contributed by atoms with van der Waals surface area (Å²) in [4.78, 5) is 24.9. The number of hydrogen-bond acceptors (Lipinski definition) is 6. The van der Waals surface area contributed by atoms with Crippen molar-refractivity contribution in [2.45, 2.75) is 13.0 Å². The van der Waals surface area contributed by atoms with E-state index in [-0.39, 0.29) is 0 Å². The number of aromatic nitrogens is 2. The Hall–Kier alpha value is -1.73. The highest BCUT2D eigenvalue weighted by atomic mass is 32.1. The highest BCUT2D eigenvalue weighted by molar-refractivity contribution is 7.16. The second-order valence-corrected chi connectivity index (χ2v) is 5.77. The van der Waals surface area contributed by atoms with Crippen molar-refractivity contribution in [1.82, 2.24) is 14.9 Å². The maximum atomic E-state index is 11.0. The Balaban J connectivity index is 1.75. The summed E-state index contributed by atoms with van der Waals surface area (Å²) in [7, 11) is 0. The van der Waals surface area contributed by atoms with E-state index in [4.69, 9.17) is 5.11 Å². The molecule has 2 aromatic heterocycles. The molecule has 0 saturated carbocycles. The number of aliphatic carboxylic acids is 1. The normalized spacial score (nSPS) is 18.4. The van der Waals surface area contributed by atoms with Crippen LogP contribution in [0.5, 0.6) is 0 Å². The van der Waals surface area contributed by atoms with Gasteiger partial charge in [-0.2, -0.15) is 0 Å². The minimum Gasteiger partial charge on any atom is -0.480 e. The van der Waals surface area contributed by atoms with Crippen LogP contribution in [-0.2, 0) is 4.79 Å². The molecule has 1 aliphatic heterocycles. The molecule has 1 aliphatic rings. The van der Waals surface area contributed by atoms with Gasteiger partial charge in [-0.25, -0.2) is 9.97 Å². The third-order valence-corrected chi connectivity index (χ3v) is 4.58. The Morgan fingerprint density at radius 3 is 2.80 bits per heavy atom. The zero-order valence-electron chi connectivity index (χ0n) is 11.2. The summed E-state index contributed by atoms with van der Waals surface area (Å²) in [5, 5.41) is 12.2. The smallest absolute Gasteiger partial charge is 0.320 e. The number of fused-ring (bicyclic) bond motifs is 1. The van der Waals surface area contributed by atoms with Crippen molar-refractivity contribution in [2.24, 2.45) is 0 Å². The molecule has 106 valence electrons. The van der Waals surface area contributed by atoms with Gasteiger partial charge >= 0.3 is 5.97 Å². The number of carbonyl (C=O) groups is 1. The molecule has 0 spiro atoms. The van der Waals surface area contributed by atoms with Gasteiger partial charge < -0.3 is 10.0 Å². The van der Waals surface area contributed by atoms with Crippen LogP contribution in [0.15, 0.2) is 17.8 Å². The topological polar surface area (TPSA) is 69.6 Å². The Morgan fingerprint density at radius 1 is 1.35 bits per heavy atom. The molecule has 1 atom stereocenters. The summed E-state index contributed by atoms with van der Waals surface area (Å²) in [5.41, 5.74) is 0. The van der Waals surface area contributed by atoms with Crippen LogP contribution in [0.3, 0.4) is 0 Å². The van der Waals surface area contributed by atoms with E-state index in [1.807, 2.05) is 16.3 Å². The molecule has 1 N–H and O–H groups in total. The molecule has 7 heteroatoms. The molecular formula is C13H16N4O2S. The lowest BCUT2D eigenvalue weighted by atomic mass is 10.2. The van der Waals surface area contributed by atoms with E-state index in [0.29, 0.717) is 0 Å². The minimum absolute atomic E-state index is 0.427. The van der Waals surface area contributed by atoms with Crippen LogP contribution in [0.1, 0.15) is 6.92 Å². The second kappa shape index (κ2) is 5.34. The van der Waals surface area contributed by atoms with Gasteiger partial charge in [0.2, 0.25) is 0 Å². The molecule has 2 aromatic rings. The van der Waals surface area contributed by atoms with Gasteiger partial charge in [0, 0.05) is 26.2 Å². The van der Waals surface area contributed by atoms with Gasteiger partial charge in [0.15, 0.2) is 0 Å². The summed E-state index contributed by atoms with van der Waals surface area (Å²) in [5.74, 6) is 0.194. The number of hydrogen-bond donors (Lipinski definition) is 1. The van der Waals surface area contributed by atoms with Gasteiger partial charge in [0.1, 0.15) is 23.0 Å². The first kappa shape index (κ1) is 13.3. The number of anilines is 1. The van der Waals surface area contributed by atoms with Gasteiger partial charge in [0.25, 0.3) is 0 Å². The van der Waals surface area contributed by atoms with Crippen molar-refractivity contribution in [3.8, 4) is 0 Å². The van der Waals surface area contributed by atoms with E-state index in [9.17, 15) is 4.79 Å². The van der Waals surface area contributed by atoms with Crippen LogP contribution >= 0.6 is 11.3 Å². The standard InChI is InChI=1S/C13H16N4O2S/c1-9(13(18)19)16-3-5-17(6-4-16)11-10-2-7-20-12(10)15-8-14-11/h2,7-9H,3-6H2,1H3,(H,18,19). The van der Waals surface area contributed by atoms with Gasteiger partial charge in [-0.3, -0.25) is 9.69 Å². The first-order valence-corrected chi connectivity index (χ1v) is 7.45. The molecule has 20 heavy (non-hydrogen) atoms. The molecule has 1 saturated heterocycles. The molecule has 0 amide bonds. The molecular weight excluding hydrogens is 276 g/mol. The average molecular weight is 292 g/mol. The molecule has 0 aromatic carbocycles. The molecule has 3 rings (SSSR count). The van der Waals surface area contributed by atoms with Gasteiger partial charge in [0.05, 0.1) is 5.39 Å². The number of carboxylic acid groups (broad SMARTS) is 1. The van der Waals surface area contributed by atoms with E-state index in [0.717, 1.165) is 42.2 Å². The number of carboxylic acids is 1. The summed E-state index contributed by atoms with van der Waals surface area (Å²) in [6.45, 7) is 4.80. The van der Waals surface area contributed by atoms with E-state index < -0.39 is 12.0 Å². The van der Waals surface area contributed by atoms with E-state index in [2.05, 4.69) is 14.9 Å². The molecule has 1 unspecified atom stereocenters. The Morgan fingerprint density at radius 2 is 2.10 bits per heavy atom. The molecule has 6 nitrogen and oxygen atoms in total. The molecule has 1 fully saturated rings. The first-order valence-electron chi connectivity index (χ1n) is 6.57. The SMILES string of the molecule is CC(C(=O)O)N1CCN(c2ncnc3sccc23)CC1. The van der Waals surface area contributed by atoms with Crippen LogP contribution in [0, 0.1) is 0 Å². The maximum Gasteiger partial charge on any atom is 0.320 e. The Bertz CT molecular complexity index is 622. The Labute approximate surface area is 120 Å². The fraction of sp³-hybridized carbons (Fsp3) is 0.462. The third kappa shape index (κ3) is 2.34. The number of piperazine rings is 1. The van der Waals surface area contributed by atoms with E-state index >= 15 is 0 Å². The maximum absolute atomic E-state index is 11.0. The Kier molecular flexibility index (Phi) is 3.54. The van der Waals surface area contributed by atoms with Crippen LogP contribution < -0.4 is 4.90 Å². The van der Waals surface area contributed by atoms with Crippen molar-refractivity contribution in [3.63, 3.8) is 0 Å². The number of thiophene rings is 1. The van der Waals surface area contributed by atoms with E-state index in [1.165, 1.54) is 0 Å². The van der Waals surface area contributed by atoms with Gasteiger partial charge in [-0.05, 0) is 18.4 Å². The van der Waals surface area contributed by atoms with Crippen LogP contribution in [-0.4, -0.2) is 58.2 Å².